The van der Waals surface area contributed by atoms with Crippen LogP contribution in [0.1, 0.15) is 19.4 Å². The molecule has 0 saturated heterocycles. The van der Waals surface area contributed by atoms with Gasteiger partial charge >= 0.3 is 0 Å². The molecule has 0 aliphatic carbocycles. The van der Waals surface area contributed by atoms with Gasteiger partial charge < -0.3 is 10.2 Å². The minimum absolute atomic E-state index is 0.0330. The van der Waals surface area contributed by atoms with Crippen molar-refractivity contribution < 1.29 is 13.6 Å². The third-order valence-corrected chi connectivity index (χ3v) is 2.66. The molecule has 1 amide bonds. The molecule has 0 bridgehead atoms. The number of hydrogen-bond donors (Lipinski definition) is 1. The third kappa shape index (κ3) is 4.31. The van der Waals surface area contributed by atoms with E-state index >= 15 is 0 Å². The first-order chi connectivity index (χ1) is 8.40. The van der Waals surface area contributed by atoms with E-state index in [0.717, 1.165) is 5.56 Å². The molecule has 3 nitrogen and oxygen atoms in total. The molecule has 1 aromatic rings. The Hall–Kier alpha value is -1.65. The van der Waals surface area contributed by atoms with E-state index in [0.29, 0.717) is 12.2 Å². The number of amides is 1. The van der Waals surface area contributed by atoms with E-state index in [4.69, 9.17) is 0 Å². The maximum absolute atomic E-state index is 12.4. The molecule has 18 heavy (non-hydrogen) atoms. The largest absolute Gasteiger partial charge is 0.377 e. The molecule has 0 aliphatic rings. The molecule has 5 heteroatoms. The van der Waals surface area contributed by atoms with Crippen LogP contribution in [0, 0.1) is 0 Å². The van der Waals surface area contributed by atoms with Crippen LogP contribution in [-0.4, -0.2) is 30.3 Å². The van der Waals surface area contributed by atoms with Gasteiger partial charge in [0.15, 0.2) is 0 Å². The van der Waals surface area contributed by atoms with Crippen LogP contribution in [0.4, 0.5) is 14.5 Å². The molecule has 0 fully saturated rings. The van der Waals surface area contributed by atoms with Crippen molar-refractivity contribution >= 4 is 11.6 Å². The number of halogens is 2. The Labute approximate surface area is 106 Å². The van der Waals surface area contributed by atoms with Crippen molar-refractivity contribution in [2.24, 2.45) is 0 Å². The predicted molar refractivity (Wildman–Crippen MR) is 67.7 cm³/mol. The van der Waals surface area contributed by atoms with Gasteiger partial charge in [0.1, 0.15) is 0 Å². The van der Waals surface area contributed by atoms with Crippen LogP contribution in [0.15, 0.2) is 24.3 Å². The SMILES string of the molecule is CC(=O)N(C)Cc1cccc(NC(C)C(F)F)c1. The number of carbonyl (C=O) groups excluding carboxylic acids is 1. The van der Waals surface area contributed by atoms with Crippen molar-refractivity contribution in [1.82, 2.24) is 4.90 Å². The molecule has 100 valence electrons. The highest BCUT2D eigenvalue weighted by Crippen LogP contribution is 2.15. The summed E-state index contributed by atoms with van der Waals surface area (Å²) >= 11 is 0. The van der Waals surface area contributed by atoms with Crippen LogP contribution in [0.25, 0.3) is 0 Å². The highest BCUT2D eigenvalue weighted by atomic mass is 19.3. The summed E-state index contributed by atoms with van der Waals surface area (Å²) in [6.45, 7) is 3.38. The third-order valence-electron chi connectivity index (χ3n) is 2.66. The average Bonchev–Trinajstić information content (AvgIpc) is 2.29. The summed E-state index contributed by atoms with van der Waals surface area (Å²) in [5, 5.41) is 2.73. The van der Waals surface area contributed by atoms with Gasteiger partial charge in [0.25, 0.3) is 6.43 Å². The highest BCUT2D eigenvalue weighted by Gasteiger charge is 2.14. The molecule has 1 unspecified atom stereocenters. The van der Waals surface area contributed by atoms with Crippen LogP contribution in [0.2, 0.25) is 0 Å². The number of carbonyl (C=O) groups is 1. The van der Waals surface area contributed by atoms with Gasteiger partial charge in [-0.05, 0) is 24.6 Å². The van der Waals surface area contributed by atoms with Gasteiger partial charge in [0, 0.05) is 26.2 Å². The van der Waals surface area contributed by atoms with Gasteiger partial charge in [0.2, 0.25) is 5.91 Å². The maximum Gasteiger partial charge on any atom is 0.258 e. The summed E-state index contributed by atoms with van der Waals surface area (Å²) in [6, 6.07) is 6.25. The van der Waals surface area contributed by atoms with Crippen LogP contribution in [0.5, 0.6) is 0 Å². The topological polar surface area (TPSA) is 32.3 Å². The Morgan fingerprint density at radius 2 is 2.11 bits per heavy atom. The molecule has 0 heterocycles. The van der Waals surface area contributed by atoms with Crippen molar-refractivity contribution in [3.05, 3.63) is 29.8 Å². The van der Waals surface area contributed by atoms with Crippen LogP contribution < -0.4 is 5.32 Å². The van der Waals surface area contributed by atoms with Crippen molar-refractivity contribution in [1.29, 1.82) is 0 Å². The zero-order chi connectivity index (χ0) is 13.7. The molecule has 0 aromatic heterocycles. The van der Waals surface area contributed by atoms with Gasteiger partial charge in [-0.2, -0.15) is 0 Å². The van der Waals surface area contributed by atoms with Gasteiger partial charge in [0.05, 0.1) is 6.04 Å². The standard InChI is InChI=1S/C13H18F2N2O/c1-9(13(14)15)16-12-6-4-5-11(7-12)8-17(3)10(2)18/h4-7,9,13,16H,8H2,1-3H3. The molecule has 1 N–H and O–H groups in total. The lowest BCUT2D eigenvalue weighted by atomic mass is 10.2. The van der Waals surface area contributed by atoms with Crippen LogP contribution in [-0.2, 0) is 11.3 Å². The number of anilines is 1. The molecule has 1 aromatic carbocycles. The quantitative estimate of drug-likeness (QED) is 0.878. The summed E-state index contributed by atoms with van der Waals surface area (Å²) in [5.74, 6) is -0.0330. The highest BCUT2D eigenvalue weighted by molar-refractivity contribution is 5.72. The molecule has 1 rings (SSSR count). The smallest absolute Gasteiger partial charge is 0.258 e. The summed E-state index contributed by atoms with van der Waals surface area (Å²) < 4.78 is 24.8. The fourth-order valence-corrected chi connectivity index (χ4v) is 1.47. The molecular weight excluding hydrogens is 238 g/mol. The lowest BCUT2D eigenvalue weighted by Crippen LogP contribution is -2.24. The zero-order valence-electron chi connectivity index (χ0n) is 10.8. The molecule has 1 atom stereocenters. The van der Waals surface area contributed by atoms with Gasteiger partial charge in [-0.25, -0.2) is 8.78 Å². The van der Waals surface area contributed by atoms with Gasteiger partial charge in [-0.1, -0.05) is 12.1 Å². The lowest BCUT2D eigenvalue weighted by Gasteiger charge is -2.17. The Morgan fingerprint density at radius 3 is 2.67 bits per heavy atom. The molecule has 0 spiro atoms. The number of benzene rings is 1. The second-order valence-corrected chi connectivity index (χ2v) is 4.34. The van der Waals surface area contributed by atoms with Crippen LogP contribution in [0.3, 0.4) is 0 Å². The van der Waals surface area contributed by atoms with E-state index in [1.807, 2.05) is 6.07 Å². The first kappa shape index (κ1) is 14.4. The molecule has 0 aliphatic heterocycles. The Bertz CT molecular complexity index is 410. The number of hydrogen-bond acceptors (Lipinski definition) is 2. The normalized spacial score (nSPS) is 12.3. The Morgan fingerprint density at radius 1 is 1.44 bits per heavy atom. The zero-order valence-corrected chi connectivity index (χ0v) is 10.8. The summed E-state index contributed by atoms with van der Waals surface area (Å²) in [4.78, 5) is 12.7. The van der Waals surface area contributed by atoms with E-state index in [9.17, 15) is 13.6 Å². The number of nitrogens with one attached hydrogen (secondary N) is 1. The first-order valence-corrected chi connectivity index (χ1v) is 5.75. The minimum atomic E-state index is -2.41. The second-order valence-electron chi connectivity index (χ2n) is 4.34. The summed E-state index contributed by atoms with van der Waals surface area (Å²) in [6.07, 6.45) is -2.41. The summed E-state index contributed by atoms with van der Waals surface area (Å²) in [7, 11) is 1.70. The van der Waals surface area contributed by atoms with E-state index in [-0.39, 0.29) is 5.91 Å². The fraction of sp³-hybridized carbons (Fsp3) is 0.462. The monoisotopic (exact) mass is 256 g/mol. The number of alkyl halides is 2. The van der Waals surface area contributed by atoms with E-state index in [1.165, 1.54) is 13.8 Å². The van der Waals surface area contributed by atoms with E-state index in [2.05, 4.69) is 5.32 Å². The van der Waals surface area contributed by atoms with Gasteiger partial charge in [-0.15, -0.1) is 0 Å². The first-order valence-electron chi connectivity index (χ1n) is 5.75. The average molecular weight is 256 g/mol. The van der Waals surface area contributed by atoms with E-state index in [1.54, 1.807) is 30.1 Å². The maximum atomic E-state index is 12.4. The van der Waals surface area contributed by atoms with Gasteiger partial charge in [-0.3, -0.25) is 4.79 Å². The Kier molecular flexibility index (Phi) is 5.07. The van der Waals surface area contributed by atoms with Crippen molar-refractivity contribution in [2.45, 2.75) is 32.9 Å². The second kappa shape index (κ2) is 6.33. The van der Waals surface area contributed by atoms with Crippen molar-refractivity contribution in [2.75, 3.05) is 12.4 Å². The van der Waals surface area contributed by atoms with Crippen LogP contribution >= 0.6 is 0 Å². The predicted octanol–water partition coefficient (Wildman–Crippen LogP) is 2.73. The van der Waals surface area contributed by atoms with E-state index < -0.39 is 12.5 Å². The number of nitrogens with zero attached hydrogens (tertiary/aromatic N) is 1. The summed E-state index contributed by atoms with van der Waals surface area (Å²) in [5.41, 5.74) is 1.54. The minimum Gasteiger partial charge on any atom is -0.377 e. The van der Waals surface area contributed by atoms with Crippen molar-refractivity contribution in [3.63, 3.8) is 0 Å². The Balaban J connectivity index is 2.70. The fourth-order valence-electron chi connectivity index (χ4n) is 1.47. The molecular formula is C13H18F2N2O. The van der Waals surface area contributed by atoms with Crippen molar-refractivity contribution in [3.8, 4) is 0 Å². The number of rotatable bonds is 5. The molecule has 0 saturated carbocycles. The molecule has 0 radical (unpaired) electrons. The lowest BCUT2D eigenvalue weighted by molar-refractivity contribution is -0.128.